The number of nitrogens with zero attached hydrogens (tertiary/aromatic N) is 1. The summed E-state index contributed by atoms with van der Waals surface area (Å²) >= 11 is 0. The first-order valence-corrected chi connectivity index (χ1v) is 16.0. The summed E-state index contributed by atoms with van der Waals surface area (Å²) in [5, 5.41) is 4.72. The molecule has 6 aromatic rings. The van der Waals surface area contributed by atoms with Gasteiger partial charge in [0.1, 0.15) is 11.1 Å². The second-order valence-electron chi connectivity index (χ2n) is 13.7. The molecule has 3 heterocycles. The van der Waals surface area contributed by atoms with Crippen LogP contribution in [0.3, 0.4) is 0 Å². The Kier molecular flexibility index (Phi) is 6.74. The van der Waals surface area contributed by atoms with Crippen LogP contribution < -0.4 is 5.63 Å². The molecule has 0 aliphatic carbocycles. The van der Waals surface area contributed by atoms with E-state index in [0.717, 1.165) is 39.6 Å². The first-order chi connectivity index (χ1) is 20.5. The van der Waals surface area contributed by atoms with Crippen molar-refractivity contribution in [1.82, 2.24) is 4.40 Å². The van der Waals surface area contributed by atoms with E-state index < -0.39 is 0 Å². The van der Waals surface area contributed by atoms with Gasteiger partial charge in [-0.1, -0.05) is 0 Å². The third kappa shape index (κ3) is 3.65. The summed E-state index contributed by atoms with van der Waals surface area (Å²) < 4.78 is 8.58. The molecule has 0 amide bonds. The van der Waals surface area contributed by atoms with Crippen molar-refractivity contribution in [2.24, 2.45) is 0 Å². The molecule has 0 spiro atoms. The summed E-state index contributed by atoms with van der Waals surface area (Å²) in [6.45, 7) is 33.3. The average molecular weight is 586 g/mol. The van der Waals surface area contributed by atoms with Gasteiger partial charge in [0.15, 0.2) is 0 Å². The maximum Gasteiger partial charge on any atom is 0.361 e. The first kappa shape index (κ1) is 30.2. The first-order valence-electron chi connectivity index (χ1n) is 16.0. The summed E-state index contributed by atoms with van der Waals surface area (Å²) in [7, 11) is 0. The van der Waals surface area contributed by atoms with Crippen molar-refractivity contribution in [3.8, 4) is 0 Å². The van der Waals surface area contributed by atoms with Crippen LogP contribution in [0.1, 0.15) is 94.7 Å². The minimum atomic E-state index is -0.260. The molecule has 6 rings (SSSR count). The lowest BCUT2D eigenvalue weighted by Crippen LogP contribution is -2.08. The molecule has 0 N–H and O–H groups in total. The fraction of sp³-hybridized carbons (Fsp3) is 0.390. The van der Waals surface area contributed by atoms with Gasteiger partial charge in [-0.3, -0.25) is 0 Å². The normalized spacial score (nSPS) is 12.2. The smallest absolute Gasteiger partial charge is 0.361 e. The number of rotatable bonds is 2. The lowest BCUT2D eigenvalue weighted by Gasteiger charge is -2.22. The standard InChI is InChI=1S/C41H47NO2/c1-17-18(2)24(8)32(25(9)19(17)3)16-33-37-36-28(12)22(6)23(7)29(13)40(36)44-41(43)39(37)42-31(15)30(14)34-26(10)20(4)21(5)27(11)35(34)38(33)42/h16H2,1-15H3. The van der Waals surface area contributed by atoms with Crippen LogP contribution in [-0.4, -0.2) is 4.40 Å². The van der Waals surface area contributed by atoms with Crippen LogP contribution >= 0.6 is 0 Å². The largest absolute Gasteiger partial charge is 0.421 e. The van der Waals surface area contributed by atoms with Gasteiger partial charge in [0.25, 0.3) is 0 Å². The highest BCUT2D eigenvalue weighted by Gasteiger charge is 2.28. The molecule has 44 heavy (non-hydrogen) atoms. The van der Waals surface area contributed by atoms with Gasteiger partial charge in [-0.25, -0.2) is 4.79 Å². The van der Waals surface area contributed by atoms with Crippen LogP contribution in [0, 0.1) is 104 Å². The molecule has 0 saturated carbocycles. The Morgan fingerprint density at radius 3 is 1.39 bits per heavy atom. The predicted molar refractivity (Wildman–Crippen MR) is 189 cm³/mol. The Morgan fingerprint density at radius 1 is 0.409 bits per heavy atom. The van der Waals surface area contributed by atoms with E-state index in [2.05, 4.69) is 108 Å². The average Bonchev–Trinajstić information content (AvgIpc) is 3.33. The van der Waals surface area contributed by atoms with Crippen molar-refractivity contribution >= 4 is 38.2 Å². The number of hydrogen-bond acceptors (Lipinski definition) is 2. The lowest BCUT2D eigenvalue weighted by molar-refractivity contribution is 0.564. The van der Waals surface area contributed by atoms with Crippen molar-refractivity contribution < 1.29 is 4.42 Å². The molecule has 0 aliphatic rings. The van der Waals surface area contributed by atoms with Crippen LogP contribution in [0.4, 0.5) is 0 Å². The second-order valence-corrected chi connectivity index (χ2v) is 13.7. The maximum absolute atomic E-state index is 14.3. The zero-order valence-electron chi connectivity index (χ0n) is 29.5. The quantitative estimate of drug-likeness (QED) is 0.189. The van der Waals surface area contributed by atoms with Gasteiger partial charge in [0.05, 0.1) is 5.52 Å². The fourth-order valence-electron chi connectivity index (χ4n) is 8.15. The van der Waals surface area contributed by atoms with Gasteiger partial charge < -0.3 is 8.82 Å². The van der Waals surface area contributed by atoms with E-state index in [4.69, 9.17) is 4.42 Å². The Bertz CT molecular complexity index is 2330. The molecule has 3 aromatic carbocycles. The summed E-state index contributed by atoms with van der Waals surface area (Å²) in [5.41, 5.74) is 24.0. The third-order valence-corrected chi connectivity index (χ3v) is 12.2. The second kappa shape index (κ2) is 9.83. The molecular weight excluding hydrogens is 538 g/mol. The summed E-state index contributed by atoms with van der Waals surface area (Å²) in [5.74, 6) is 0. The highest BCUT2D eigenvalue weighted by atomic mass is 16.4. The van der Waals surface area contributed by atoms with Gasteiger partial charge >= 0.3 is 5.63 Å². The van der Waals surface area contributed by atoms with Crippen molar-refractivity contribution in [3.05, 3.63) is 105 Å². The number of aryl methyl sites for hydroxylation is 6. The number of pyridine rings is 1. The van der Waals surface area contributed by atoms with E-state index in [-0.39, 0.29) is 5.63 Å². The Balaban J connectivity index is 2.03. The number of fused-ring (bicyclic) bond motifs is 7. The van der Waals surface area contributed by atoms with Crippen LogP contribution in [0.5, 0.6) is 0 Å². The van der Waals surface area contributed by atoms with Gasteiger partial charge in [0, 0.05) is 28.3 Å². The SMILES string of the molecule is Cc1c(C)c(C)c(Cc2c3c4c(C)c(C)c(C)c(C)c4oc(=O)c3n3c(C)c(C)c4c(C)c(C)c(C)c(C)c4c23)c(C)c1C. The van der Waals surface area contributed by atoms with E-state index in [1.165, 1.54) is 94.2 Å². The topological polar surface area (TPSA) is 34.6 Å². The van der Waals surface area contributed by atoms with Crippen molar-refractivity contribution in [1.29, 1.82) is 0 Å². The predicted octanol–water partition coefficient (Wildman–Crippen LogP) is 10.6. The molecule has 0 atom stereocenters. The number of benzene rings is 3. The Morgan fingerprint density at radius 2 is 0.841 bits per heavy atom. The van der Waals surface area contributed by atoms with Gasteiger partial charge in [-0.15, -0.1) is 0 Å². The minimum Gasteiger partial charge on any atom is -0.421 e. The molecule has 0 aliphatic heterocycles. The summed E-state index contributed by atoms with van der Waals surface area (Å²) in [6, 6.07) is 0. The molecule has 0 radical (unpaired) electrons. The molecule has 3 aromatic heterocycles. The molecule has 3 heteroatoms. The highest BCUT2D eigenvalue weighted by molar-refractivity contribution is 6.17. The molecule has 0 fully saturated rings. The van der Waals surface area contributed by atoms with Crippen LogP contribution in [-0.2, 0) is 6.42 Å². The van der Waals surface area contributed by atoms with Crippen LogP contribution in [0.15, 0.2) is 9.21 Å². The lowest BCUT2D eigenvalue weighted by atomic mass is 9.84. The van der Waals surface area contributed by atoms with Gasteiger partial charge in [-0.05, 0) is 198 Å². The Hall–Kier alpha value is -3.85. The highest BCUT2D eigenvalue weighted by Crippen LogP contribution is 2.44. The van der Waals surface area contributed by atoms with Gasteiger partial charge in [0.2, 0.25) is 0 Å². The van der Waals surface area contributed by atoms with E-state index in [0.29, 0.717) is 5.52 Å². The van der Waals surface area contributed by atoms with Crippen LogP contribution in [0.25, 0.3) is 38.2 Å². The molecule has 228 valence electrons. The van der Waals surface area contributed by atoms with E-state index >= 15 is 0 Å². The fourth-order valence-corrected chi connectivity index (χ4v) is 8.15. The maximum atomic E-state index is 14.3. The molecule has 0 bridgehead atoms. The number of hydrogen-bond donors (Lipinski definition) is 0. The Labute approximate surface area is 261 Å². The zero-order valence-corrected chi connectivity index (χ0v) is 29.5. The molecular formula is C41H47NO2. The number of aromatic nitrogens is 1. The van der Waals surface area contributed by atoms with Crippen molar-refractivity contribution in [2.75, 3.05) is 0 Å². The van der Waals surface area contributed by atoms with Crippen molar-refractivity contribution in [2.45, 2.75) is 110 Å². The van der Waals surface area contributed by atoms with Crippen LogP contribution in [0.2, 0.25) is 0 Å². The summed E-state index contributed by atoms with van der Waals surface area (Å²) in [4.78, 5) is 14.3. The van der Waals surface area contributed by atoms with Crippen molar-refractivity contribution in [3.63, 3.8) is 0 Å². The van der Waals surface area contributed by atoms with E-state index in [1.54, 1.807) is 0 Å². The summed E-state index contributed by atoms with van der Waals surface area (Å²) in [6.07, 6.45) is 0.750. The van der Waals surface area contributed by atoms with E-state index in [1.807, 2.05) is 0 Å². The van der Waals surface area contributed by atoms with Gasteiger partial charge in [-0.2, -0.15) is 0 Å². The monoisotopic (exact) mass is 585 g/mol. The molecule has 0 unspecified atom stereocenters. The minimum absolute atomic E-state index is 0.260. The zero-order chi connectivity index (χ0) is 32.4. The van der Waals surface area contributed by atoms with E-state index in [9.17, 15) is 4.79 Å². The third-order valence-electron chi connectivity index (χ3n) is 12.2. The molecule has 3 nitrogen and oxygen atoms in total. The molecule has 0 saturated heterocycles.